The lowest BCUT2D eigenvalue weighted by Crippen LogP contribution is -2.50. The van der Waals surface area contributed by atoms with Crippen molar-refractivity contribution in [1.82, 2.24) is 15.5 Å². The van der Waals surface area contributed by atoms with E-state index in [0.717, 1.165) is 12.5 Å². The highest BCUT2D eigenvalue weighted by Gasteiger charge is 2.26. The summed E-state index contributed by atoms with van der Waals surface area (Å²) in [6, 6.07) is 9.97. The molecule has 1 aliphatic carbocycles. The lowest BCUT2D eigenvalue weighted by molar-refractivity contribution is 0.167. The van der Waals surface area contributed by atoms with Crippen LogP contribution in [-0.4, -0.2) is 49.6 Å². The average Bonchev–Trinajstić information content (AvgIpc) is 2.55. The van der Waals surface area contributed by atoms with Crippen LogP contribution < -0.4 is 10.6 Å². The van der Waals surface area contributed by atoms with Crippen molar-refractivity contribution < 1.29 is 0 Å². The zero-order valence-electron chi connectivity index (χ0n) is 14.7. The number of fused-ring (bicyclic) bond motifs is 1. The lowest BCUT2D eigenvalue weighted by Gasteiger charge is -2.36. The summed E-state index contributed by atoms with van der Waals surface area (Å²) in [6.07, 6.45) is 3.59. The van der Waals surface area contributed by atoms with E-state index in [1.807, 2.05) is 7.05 Å². The van der Waals surface area contributed by atoms with Crippen molar-refractivity contribution in [2.45, 2.75) is 51.1 Å². The summed E-state index contributed by atoms with van der Waals surface area (Å²) in [5, 5.41) is 7.12. The summed E-state index contributed by atoms with van der Waals surface area (Å²) >= 11 is 0. The van der Waals surface area contributed by atoms with E-state index >= 15 is 0 Å². The van der Waals surface area contributed by atoms with E-state index in [0.29, 0.717) is 18.0 Å². The van der Waals surface area contributed by atoms with E-state index in [9.17, 15) is 0 Å². The minimum atomic E-state index is 0.546. The molecule has 2 N–H and O–H groups in total. The molecule has 0 radical (unpaired) electrons. The van der Waals surface area contributed by atoms with Crippen LogP contribution in [0.15, 0.2) is 29.3 Å². The van der Waals surface area contributed by atoms with Crippen LogP contribution in [0.4, 0.5) is 0 Å². The smallest absolute Gasteiger partial charge is 0.191 e. The number of nitrogens with zero attached hydrogens (tertiary/aromatic N) is 2. The zero-order chi connectivity index (χ0) is 16.2. The predicted octanol–water partition coefficient (Wildman–Crippen LogP) is 2.36. The highest BCUT2D eigenvalue weighted by molar-refractivity contribution is 5.80. The molecule has 1 aromatic rings. The summed E-state index contributed by atoms with van der Waals surface area (Å²) in [4.78, 5) is 6.96. The van der Waals surface area contributed by atoms with E-state index in [1.165, 1.54) is 43.5 Å². The summed E-state index contributed by atoms with van der Waals surface area (Å²) in [5.74, 6) is 1.59. The molecule has 0 aromatic heterocycles. The Morgan fingerprint density at radius 2 is 2.00 bits per heavy atom. The van der Waals surface area contributed by atoms with Crippen molar-refractivity contribution in [2.75, 3.05) is 26.7 Å². The number of hydrogen-bond donors (Lipinski definition) is 2. The molecule has 23 heavy (non-hydrogen) atoms. The second kappa shape index (κ2) is 7.35. The Kier molecular flexibility index (Phi) is 5.21. The standard InChI is InChI=1S/C19H30N4/c1-14(2)23-10-8-17(9-11-23)22-19(20-3)21-13-16-12-15-6-4-5-7-18(15)16/h4-7,14,16-17H,8-13H2,1-3H3,(H2,20,21,22). The third kappa shape index (κ3) is 3.86. The van der Waals surface area contributed by atoms with E-state index in [2.05, 4.69) is 58.6 Å². The number of benzene rings is 1. The molecule has 2 aliphatic rings. The molecule has 0 bridgehead atoms. The Morgan fingerprint density at radius 3 is 2.65 bits per heavy atom. The number of rotatable bonds is 4. The molecule has 1 fully saturated rings. The SMILES string of the molecule is CN=C(NCC1Cc2ccccc21)NC1CCN(C(C)C)CC1. The summed E-state index contributed by atoms with van der Waals surface area (Å²) in [5.41, 5.74) is 3.00. The Morgan fingerprint density at radius 1 is 1.26 bits per heavy atom. The fraction of sp³-hybridized carbons (Fsp3) is 0.632. The molecule has 1 aliphatic heterocycles. The van der Waals surface area contributed by atoms with Crippen molar-refractivity contribution in [3.63, 3.8) is 0 Å². The molecule has 0 saturated carbocycles. The van der Waals surface area contributed by atoms with Crippen molar-refractivity contribution in [2.24, 2.45) is 4.99 Å². The number of piperidine rings is 1. The van der Waals surface area contributed by atoms with Crippen molar-refractivity contribution in [1.29, 1.82) is 0 Å². The van der Waals surface area contributed by atoms with Gasteiger partial charge in [0.15, 0.2) is 5.96 Å². The molecule has 126 valence electrons. The van der Waals surface area contributed by atoms with E-state index in [-0.39, 0.29) is 0 Å². The third-order valence-electron chi connectivity index (χ3n) is 5.30. The van der Waals surface area contributed by atoms with E-state index in [1.54, 1.807) is 0 Å². The van der Waals surface area contributed by atoms with Gasteiger partial charge in [0.2, 0.25) is 0 Å². The second-order valence-corrected chi connectivity index (χ2v) is 7.10. The van der Waals surface area contributed by atoms with Crippen LogP contribution >= 0.6 is 0 Å². The first kappa shape index (κ1) is 16.3. The highest BCUT2D eigenvalue weighted by atomic mass is 15.2. The van der Waals surface area contributed by atoms with Crippen LogP contribution in [-0.2, 0) is 6.42 Å². The van der Waals surface area contributed by atoms with Gasteiger partial charge in [-0.3, -0.25) is 4.99 Å². The largest absolute Gasteiger partial charge is 0.356 e. The highest BCUT2D eigenvalue weighted by Crippen LogP contribution is 2.33. The normalized spacial score (nSPS) is 22.6. The van der Waals surface area contributed by atoms with Gasteiger partial charge in [-0.15, -0.1) is 0 Å². The Labute approximate surface area is 140 Å². The first-order chi connectivity index (χ1) is 11.2. The van der Waals surface area contributed by atoms with Crippen LogP contribution in [0, 0.1) is 0 Å². The molecule has 1 aromatic carbocycles. The average molecular weight is 314 g/mol. The van der Waals surface area contributed by atoms with Gasteiger partial charge in [0.1, 0.15) is 0 Å². The van der Waals surface area contributed by atoms with Gasteiger partial charge < -0.3 is 15.5 Å². The molecule has 3 rings (SSSR count). The van der Waals surface area contributed by atoms with Gasteiger partial charge in [0.05, 0.1) is 0 Å². The van der Waals surface area contributed by atoms with Crippen LogP contribution in [0.1, 0.15) is 43.7 Å². The molecule has 4 nitrogen and oxygen atoms in total. The lowest BCUT2D eigenvalue weighted by atomic mass is 9.78. The predicted molar refractivity (Wildman–Crippen MR) is 97.1 cm³/mol. The maximum absolute atomic E-state index is 4.40. The molecule has 0 amide bonds. The Hall–Kier alpha value is -1.55. The Bertz CT molecular complexity index is 544. The van der Waals surface area contributed by atoms with Crippen molar-refractivity contribution >= 4 is 5.96 Å². The van der Waals surface area contributed by atoms with Crippen molar-refractivity contribution in [3.8, 4) is 0 Å². The molecule has 0 spiro atoms. The van der Waals surface area contributed by atoms with Gasteiger partial charge in [-0.2, -0.15) is 0 Å². The monoisotopic (exact) mass is 314 g/mol. The minimum absolute atomic E-state index is 0.546. The minimum Gasteiger partial charge on any atom is -0.356 e. The third-order valence-corrected chi connectivity index (χ3v) is 5.30. The van der Waals surface area contributed by atoms with Crippen molar-refractivity contribution in [3.05, 3.63) is 35.4 Å². The first-order valence-corrected chi connectivity index (χ1v) is 8.96. The second-order valence-electron chi connectivity index (χ2n) is 7.10. The molecule has 1 unspecified atom stereocenters. The zero-order valence-corrected chi connectivity index (χ0v) is 14.7. The van der Waals surface area contributed by atoms with Crippen LogP contribution in [0.2, 0.25) is 0 Å². The van der Waals surface area contributed by atoms with Crippen LogP contribution in [0.25, 0.3) is 0 Å². The topological polar surface area (TPSA) is 39.7 Å². The summed E-state index contributed by atoms with van der Waals surface area (Å²) < 4.78 is 0. The first-order valence-electron chi connectivity index (χ1n) is 8.96. The van der Waals surface area contributed by atoms with Gasteiger partial charge >= 0.3 is 0 Å². The fourth-order valence-corrected chi connectivity index (χ4v) is 3.71. The maximum atomic E-state index is 4.40. The molecule has 1 saturated heterocycles. The van der Waals surface area contributed by atoms with Gasteiger partial charge in [0.25, 0.3) is 0 Å². The van der Waals surface area contributed by atoms with Gasteiger partial charge in [-0.25, -0.2) is 0 Å². The van der Waals surface area contributed by atoms with E-state index < -0.39 is 0 Å². The maximum Gasteiger partial charge on any atom is 0.191 e. The number of guanidine groups is 1. The summed E-state index contributed by atoms with van der Waals surface area (Å²) in [6.45, 7) is 7.90. The van der Waals surface area contributed by atoms with Gasteiger partial charge in [-0.1, -0.05) is 24.3 Å². The summed E-state index contributed by atoms with van der Waals surface area (Å²) in [7, 11) is 1.87. The van der Waals surface area contributed by atoms with Crippen LogP contribution in [0.3, 0.4) is 0 Å². The van der Waals surface area contributed by atoms with Crippen LogP contribution in [0.5, 0.6) is 0 Å². The number of hydrogen-bond acceptors (Lipinski definition) is 2. The molecule has 1 atom stereocenters. The van der Waals surface area contributed by atoms with E-state index in [4.69, 9.17) is 0 Å². The number of aliphatic imine (C=N–C) groups is 1. The Balaban J connectivity index is 1.43. The fourth-order valence-electron chi connectivity index (χ4n) is 3.71. The molecule has 4 heteroatoms. The van der Waals surface area contributed by atoms with Gasteiger partial charge in [0, 0.05) is 44.7 Å². The molecule has 1 heterocycles. The quantitative estimate of drug-likeness (QED) is 0.662. The van der Waals surface area contributed by atoms with Gasteiger partial charge in [-0.05, 0) is 44.2 Å². The number of likely N-dealkylation sites (tertiary alicyclic amines) is 1. The molecular weight excluding hydrogens is 284 g/mol. The number of nitrogens with one attached hydrogen (secondary N) is 2. The molecular formula is C19H30N4.